The fourth-order valence-corrected chi connectivity index (χ4v) is 5.21. The summed E-state index contributed by atoms with van der Waals surface area (Å²) < 4.78 is 5.20. The molecule has 0 aliphatic carbocycles. The number of anilines is 2. The van der Waals surface area contributed by atoms with Gasteiger partial charge in [-0.2, -0.15) is 0 Å². The van der Waals surface area contributed by atoms with Gasteiger partial charge in [-0.3, -0.25) is 9.59 Å². The molecule has 3 aromatic carbocycles. The largest absolute Gasteiger partial charge is 0.497 e. The fraction of sp³-hybridized carbons (Fsp3) is 0.179. The Morgan fingerprint density at radius 2 is 1.81 bits per heavy atom. The van der Waals surface area contributed by atoms with E-state index >= 15 is 0 Å². The van der Waals surface area contributed by atoms with Crippen LogP contribution < -0.4 is 15.4 Å². The number of carbonyl (C=O) groups is 2. The van der Waals surface area contributed by atoms with Crippen molar-refractivity contribution in [1.82, 2.24) is 4.98 Å². The highest BCUT2D eigenvalue weighted by molar-refractivity contribution is 8.00. The number of nitrogens with zero attached hydrogens (tertiary/aromatic N) is 1. The highest BCUT2D eigenvalue weighted by atomic mass is 32.2. The summed E-state index contributed by atoms with van der Waals surface area (Å²) >= 11 is 2.87. The number of amides is 2. The van der Waals surface area contributed by atoms with Gasteiger partial charge in [-0.05, 0) is 49.7 Å². The molecule has 0 aliphatic rings. The Hall–Kier alpha value is -3.62. The SMILES string of the molecule is CCC(Sc1cccc(NC(=O)c2cccc(OC)c2)c1)C(=O)Nc1nc(-c2ccc(C)cc2)cs1. The van der Waals surface area contributed by atoms with Gasteiger partial charge < -0.3 is 15.4 Å². The van der Waals surface area contributed by atoms with Gasteiger partial charge in [0.25, 0.3) is 5.91 Å². The number of nitrogens with one attached hydrogen (secondary N) is 2. The van der Waals surface area contributed by atoms with E-state index in [9.17, 15) is 9.59 Å². The van der Waals surface area contributed by atoms with Crippen LogP contribution in [0.25, 0.3) is 11.3 Å². The molecule has 0 saturated carbocycles. The van der Waals surface area contributed by atoms with E-state index in [2.05, 4.69) is 15.6 Å². The molecular formula is C28H27N3O3S2. The number of benzene rings is 3. The van der Waals surface area contributed by atoms with Crippen LogP contribution in [0.3, 0.4) is 0 Å². The first-order chi connectivity index (χ1) is 17.4. The lowest BCUT2D eigenvalue weighted by Gasteiger charge is -2.14. The van der Waals surface area contributed by atoms with E-state index in [4.69, 9.17) is 4.74 Å². The summed E-state index contributed by atoms with van der Waals surface area (Å²) in [7, 11) is 1.56. The molecule has 1 aromatic heterocycles. The lowest BCUT2D eigenvalue weighted by Crippen LogP contribution is -2.24. The smallest absolute Gasteiger partial charge is 0.255 e. The van der Waals surface area contributed by atoms with Crippen molar-refractivity contribution in [2.75, 3.05) is 17.7 Å². The number of thiazole rings is 1. The number of rotatable bonds is 9. The number of aromatic nitrogens is 1. The van der Waals surface area contributed by atoms with E-state index < -0.39 is 0 Å². The van der Waals surface area contributed by atoms with E-state index in [-0.39, 0.29) is 17.1 Å². The lowest BCUT2D eigenvalue weighted by molar-refractivity contribution is -0.115. The molecule has 4 rings (SSSR count). The molecule has 8 heteroatoms. The van der Waals surface area contributed by atoms with Crippen LogP contribution in [0.4, 0.5) is 10.8 Å². The number of thioether (sulfide) groups is 1. The van der Waals surface area contributed by atoms with Gasteiger partial charge in [0.2, 0.25) is 5.91 Å². The van der Waals surface area contributed by atoms with Gasteiger partial charge in [0.1, 0.15) is 5.75 Å². The molecule has 6 nitrogen and oxygen atoms in total. The monoisotopic (exact) mass is 517 g/mol. The van der Waals surface area contributed by atoms with Crippen LogP contribution in [0.2, 0.25) is 0 Å². The van der Waals surface area contributed by atoms with E-state index in [0.717, 1.165) is 16.2 Å². The molecule has 36 heavy (non-hydrogen) atoms. The van der Waals surface area contributed by atoms with Gasteiger partial charge >= 0.3 is 0 Å². The van der Waals surface area contributed by atoms with Crippen LogP contribution in [0, 0.1) is 6.92 Å². The van der Waals surface area contributed by atoms with Gasteiger partial charge in [0.15, 0.2) is 5.13 Å². The van der Waals surface area contributed by atoms with Gasteiger partial charge in [0, 0.05) is 27.1 Å². The van der Waals surface area contributed by atoms with Crippen LogP contribution in [0.15, 0.2) is 83.1 Å². The molecule has 0 aliphatic heterocycles. The molecule has 1 unspecified atom stereocenters. The van der Waals surface area contributed by atoms with Gasteiger partial charge in [-0.25, -0.2) is 4.98 Å². The van der Waals surface area contributed by atoms with Crippen LogP contribution >= 0.6 is 23.1 Å². The molecule has 1 heterocycles. The second-order valence-electron chi connectivity index (χ2n) is 8.12. The zero-order valence-electron chi connectivity index (χ0n) is 20.3. The average molecular weight is 518 g/mol. The lowest BCUT2D eigenvalue weighted by atomic mass is 10.1. The summed E-state index contributed by atoms with van der Waals surface area (Å²) in [6.45, 7) is 4.02. The topological polar surface area (TPSA) is 80.3 Å². The first kappa shape index (κ1) is 25.5. The van der Waals surface area contributed by atoms with Crippen molar-refractivity contribution in [2.24, 2.45) is 0 Å². The van der Waals surface area contributed by atoms with Crippen molar-refractivity contribution in [2.45, 2.75) is 30.4 Å². The molecule has 0 fully saturated rings. The molecule has 2 amide bonds. The highest BCUT2D eigenvalue weighted by Crippen LogP contribution is 2.30. The molecule has 2 N–H and O–H groups in total. The normalized spacial score (nSPS) is 11.5. The van der Waals surface area contributed by atoms with Crippen molar-refractivity contribution in [3.05, 3.63) is 89.3 Å². The highest BCUT2D eigenvalue weighted by Gasteiger charge is 2.20. The first-order valence-corrected chi connectivity index (χ1v) is 13.3. The summed E-state index contributed by atoms with van der Waals surface area (Å²) in [5.74, 6) is 0.294. The minimum Gasteiger partial charge on any atom is -0.497 e. The maximum absolute atomic E-state index is 13.0. The second-order valence-corrected chi connectivity index (χ2v) is 10.3. The zero-order valence-corrected chi connectivity index (χ0v) is 21.9. The number of hydrogen-bond donors (Lipinski definition) is 2. The van der Waals surface area contributed by atoms with Crippen molar-refractivity contribution in [3.63, 3.8) is 0 Å². The Kier molecular flexibility index (Phi) is 8.40. The summed E-state index contributed by atoms with van der Waals surface area (Å²) in [5.41, 5.74) is 4.22. The van der Waals surface area contributed by atoms with Crippen molar-refractivity contribution < 1.29 is 14.3 Å². The summed E-state index contributed by atoms with van der Waals surface area (Å²) in [6.07, 6.45) is 0.646. The molecule has 0 bridgehead atoms. The van der Waals surface area contributed by atoms with Crippen molar-refractivity contribution in [1.29, 1.82) is 0 Å². The van der Waals surface area contributed by atoms with Gasteiger partial charge in [0.05, 0.1) is 18.1 Å². The van der Waals surface area contributed by atoms with Crippen LogP contribution in [-0.4, -0.2) is 29.2 Å². The minimum atomic E-state index is -0.305. The molecule has 0 saturated heterocycles. The van der Waals surface area contributed by atoms with Crippen molar-refractivity contribution in [3.8, 4) is 17.0 Å². The molecule has 1 atom stereocenters. The summed E-state index contributed by atoms with van der Waals surface area (Å²) in [6, 6.07) is 22.6. The Morgan fingerprint density at radius 1 is 1.03 bits per heavy atom. The summed E-state index contributed by atoms with van der Waals surface area (Å²) in [4.78, 5) is 31.1. The average Bonchev–Trinajstić information content (AvgIpc) is 3.36. The quantitative estimate of drug-likeness (QED) is 0.236. The zero-order chi connectivity index (χ0) is 25.5. The van der Waals surface area contributed by atoms with E-state index in [0.29, 0.717) is 28.6 Å². The minimum absolute atomic E-state index is 0.0990. The number of carbonyl (C=O) groups excluding carboxylic acids is 2. The summed E-state index contributed by atoms with van der Waals surface area (Å²) in [5, 5.41) is 8.10. The van der Waals surface area contributed by atoms with E-state index in [1.165, 1.54) is 28.7 Å². The predicted octanol–water partition coefficient (Wildman–Crippen LogP) is 6.89. The Bertz CT molecular complexity index is 1350. The third kappa shape index (κ3) is 6.53. The van der Waals surface area contributed by atoms with Crippen LogP contribution in [0.5, 0.6) is 5.75 Å². The third-order valence-electron chi connectivity index (χ3n) is 5.45. The van der Waals surface area contributed by atoms with E-state index in [1.54, 1.807) is 31.4 Å². The number of methoxy groups -OCH3 is 1. The van der Waals surface area contributed by atoms with Crippen LogP contribution in [-0.2, 0) is 4.79 Å². The molecule has 4 aromatic rings. The van der Waals surface area contributed by atoms with Gasteiger partial charge in [-0.1, -0.05) is 48.9 Å². The molecular weight excluding hydrogens is 490 g/mol. The first-order valence-electron chi connectivity index (χ1n) is 11.5. The standard InChI is InChI=1S/C28H27N3O3S2/c1-4-25(27(33)31-28-30-24(17-35-28)19-13-11-18(2)12-14-19)36-23-10-6-8-21(16-23)29-26(32)20-7-5-9-22(15-20)34-3/h5-17,25H,4H2,1-3H3,(H,29,32)(H,30,31,33). The number of hydrogen-bond acceptors (Lipinski definition) is 6. The Morgan fingerprint density at radius 3 is 2.56 bits per heavy atom. The van der Waals surface area contributed by atoms with Gasteiger partial charge in [-0.15, -0.1) is 23.1 Å². The second kappa shape index (κ2) is 11.9. The maximum Gasteiger partial charge on any atom is 0.255 e. The maximum atomic E-state index is 13.0. The predicted molar refractivity (Wildman–Crippen MR) is 148 cm³/mol. The Balaban J connectivity index is 1.39. The Labute approximate surface area is 219 Å². The third-order valence-corrected chi connectivity index (χ3v) is 7.56. The van der Waals surface area contributed by atoms with Crippen molar-refractivity contribution >= 4 is 45.7 Å². The number of aryl methyl sites for hydroxylation is 1. The fourth-order valence-electron chi connectivity index (χ4n) is 3.48. The molecule has 184 valence electrons. The van der Waals surface area contributed by atoms with Crippen LogP contribution in [0.1, 0.15) is 29.3 Å². The molecule has 0 spiro atoms. The number of ether oxygens (including phenoxy) is 1. The van der Waals surface area contributed by atoms with E-state index in [1.807, 2.05) is 67.8 Å². The molecule has 0 radical (unpaired) electrons.